The number of thiophene rings is 1. The maximum absolute atomic E-state index is 12.8. The second-order valence-electron chi connectivity index (χ2n) is 7.29. The molecule has 1 aliphatic heterocycles. The van der Waals surface area contributed by atoms with Crippen LogP contribution in [0.2, 0.25) is 0 Å². The Kier molecular flexibility index (Phi) is 4.80. The van der Waals surface area contributed by atoms with E-state index in [1.165, 1.54) is 4.88 Å². The van der Waals surface area contributed by atoms with E-state index in [2.05, 4.69) is 27.1 Å². The molecule has 2 unspecified atom stereocenters. The van der Waals surface area contributed by atoms with Gasteiger partial charge in [-0.05, 0) is 43.5 Å². The third kappa shape index (κ3) is 3.79. The summed E-state index contributed by atoms with van der Waals surface area (Å²) in [6, 6.07) is 7.78. The molecule has 3 aromatic rings. The molecule has 0 radical (unpaired) electrons. The zero-order chi connectivity index (χ0) is 19.0. The summed E-state index contributed by atoms with van der Waals surface area (Å²) in [7, 11) is 0. The Labute approximate surface area is 162 Å². The van der Waals surface area contributed by atoms with E-state index in [-0.39, 0.29) is 11.9 Å². The number of nitrogens with zero attached hydrogens (tertiary/aromatic N) is 3. The summed E-state index contributed by atoms with van der Waals surface area (Å²) in [5, 5.41) is 2.98. The van der Waals surface area contributed by atoms with Gasteiger partial charge < -0.3 is 16.0 Å². The summed E-state index contributed by atoms with van der Waals surface area (Å²) in [4.78, 5) is 24.9. The number of fused-ring (bicyclic) bond motifs is 1. The fourth-order valence-electron chi connectivity index (χ4n) is 3.72. The summed E-state index contributed by atoms with van der Waals surface area (Å²) >= 11 is 1.68. The number of aryl methyl sites for hydroxylation is 1. The maximum atomic E-state index is 12.8. The molecular weight excluding hydrogens is 358 g/mol. The average Bonchev–Trinajstić information content (AvgIpc) is 3.00. The SMILES string of the molecule is Cc1cc2nc(C(=O)Nc3cnccc3N3CC(C)CC(N)C3)ccc2s1. The van der Waals surface area contributed by atoms with Crippen LogP contribution in [-0.4, -0.2) is 35.0 Å². The largest absolute Gasteiger partial charge is 0.368 e. The molecular formula is C20H23N5OS. The Balaban J connectivity index is 1.59. The van der Waals surface area contributed by atoms with Gasteiger partial charge in [0.25, 0.3) is 5.91 Å². The van der Waals surface area contributed by atoms with Crippen molar-refractivity contribution in [2.75, 3.05) is 23.3 Å². The van der Waals surface area contributed by atoms with E-state index in [1.54, 1.807) is 29.8 Å². The van der Waals surface area contributed by atoms with Crippen LogP contribution < -0.4 is 16.0 Å². The molecule has 0 bridgehead atoms. The highest BCUT2D eigenvalue weighted by molar-refractivity contribution is 7.18. The summed E-state index contributed by atoms with van der Waals surface area (Å²) in [6.07, 6.45) is 4.45. The highest BCUT2D eigenvalue weighted by atomic mass is 32.1. The van der Waals surface area contributed by atoms with Gasteiger partial charge in [0, 0.05) is 30.2 Å². The molecule has 3 aromatic heterocycles. The van der Waals surface area contributed by atoms with E-state index in [9.17, 15) is 4.79 Å². The van der Waals surface area contributed by atoms with Gasteiger partial charge in [-0.2, -0.15) is 0 Å². The van der Waals surface area contributed by atoms with E-state index in [0.29, 0.717) is 17.3 Å². The first-order chi connectivity index (χ1) is 13.0. The lowest BCUT2D eigenvalue weighted by atomic mass is 9.96. The zero-order valence-electron chi connectivity index (χ0n) is 15.5. The number of amides is 1. The lowest BCUT2D eigenvalue weighted by molar-refractivity contribution is 0.102. The molecule has 4 heterocycles. The van der Waals surface area contributed by atoms with Crippen LogP contribution in [0.25, 0.3) is 10.2 Å². The first kappa shape index (κ1) is 17.9. The van der Waals surface area contributed by atoms with Crippen molar-refractivity contribution in [3.05, 3.63) is 47.2 Å². The molecule has 1 aliphatic rings. The Morgan fingerprint density at radius 2 is 2.19 bits per heavy atom. The smallest absolute Gasteiger partial charge is 0.274 e. The molecule has 2 atom stereocenters. The number of anilines is 2. The molecule has 0 aromatic carbocycles. The highest BCUT2D eigenvalue weighted by Crippen LogP contribution is 2.29. The number of carbonyl (C=O) groups is 1. The summed E-state index contributed by atoms with van der Waals surface area (Å²) < 4.78 is 1.09. The molecule has 7 heteroatoms. The van der Waals surface area contributed by atoms with Gasteiger partial charge in [0.05, 0.1) is 27.8 Å². The number of piperidine rings is 1. The quantitative estimate of drug-likeness (QED) is 0.726. The first-order valence-electron chi connectivity index (χ1n) is 9.12. The molecule has 0 aliphatic carbocycles. The van der Waals surface area contributed by atoms with Crippen molar-refractivity contribution in [2.45, 2.75) is 26.3 Å². The van der Waals surface area contributed by atoms with Gasteiger partial charge >= 0.3 is 0 Å². The second kappa shape index (κ2) is 7.25. The molecule has 0 spiro atoms. The third-order valence-corrected chi connectivity index (χ3v) is 5.81. The van der Waals surface area contributed by atoms with Crippen molar-refractivity contribution < 1.29 is 4.79 Å². The lowest BCUT2D eigenvalue weighted by Gasteiger charge is -2.37. The van der Waals surface area contributed by atoms with Crippen molar-refractivity contribution in [3.8, 4) is 0 Å². The zero-order valence-corrected chi connectivity index (χ0v) is 16.3. The van der Waals surface area contributed by atoms with E-state index < -0.39 is 0 Å². The van der Waals surface area contributed by atoms with Gasteiger partial charge in [0.15, 0.2) is 0 Å². The number of hydrogen-bond acceptors (Lipinski definition) is 6. The van der Waals surface area contributed by atoms with Crippen LogP contribution in [0.4, 0.5) is 11.4 Å². The summed E-state index contributed by atoms with van der Waals surface area (Å²) in [5.41, 5.74) is 9.09. The van der Waals surface area contributed by atoms with E-state index in [4.69, 9.17) is 5.73 Å². The molecule has 1 fully saturated rings. The molecule has 3 N–H and O–H groups in total. The molecule has 1 amide bonds. The summed E-state index contributed by atoms with van der Waals surface area (Å²) in [6.45, 7) is 5.93. The maximum Gasteiger partial charge on any atom is 0.274 e. The van der Waals surface area contributed by atoms with Gasteiger partial charge in [-0.25, -0.2) is 4.98 Å². The van der Waals surface area contributed by atoms with Crippen molar-refractivity contribution >= 4 is 38.8 Å². The minimum absolute atomic E-state index is 0.136. The van der Waals surface area contributed by atoms with Crippen molar-refractivity contribution in [1.29, 1.82) is 0 Å². The van der Waals surface area contributed by atoms with Gasteiger partial charge in [0.1, 0.15) is 5.69 Å². The third-order valence-electron chi connectivity index (χ3n) is 4.81. The number of rotatable bonds is 3. The van der Waals surface area contributed by atoms with Crippen molar-refractivity contribution in [3.63, 3.8) is 0 Å². The number of aromatic nitrogens is 2. The van der Waals surface area contributed by atoms with Crippen LogP contribution >= 0.6 is 11.3 Å². The Hall–Kier alpha value is -2.51. The minimum Gasteiger partial charge on any atom is -0.368 e. The minimum atomic E-state index is -0.232. The summed E-state index contributed by atoms with van der Waals surface area (Å²) in [5.74, 6) is 0.278. The van der Waals surface area contributed by atoms with Crippen molar-refractivity contribution in [2.24, 2.45) is 11.7 Å². The van der Waals surface area contributed by atoms with Crippen LogP contribution in [0.1, 0.15) is 28.7 Å². The first-order valence-corrected chi connectivity index (χ1v) is 9.94. The predicted octanol–water partition coefficient (Wildman–Crippen LogP) is 3.43. The molecule has 1 saturated heterocycles. The molecule has 4 rings (SSSR count). The molecule has 0 saturated carbocycles. The van der Waals surface area contributed by atoms with Gasteiger partial charge in [-0.15, -0.1) is 11.3 Å². The van der Waals surface area contributed by atoms with Crippen molar-refractivity contribution in [1.82, 2.24) is 9.97 Å². The molecule has 27 heavy (non-hydrogen) atoms. The topological polar surface area (TPSA) is 84.1 Å². The lowest BCUT2D eigenvalue weighted by Crippen LogP contribution is -2.46. The fourth-order valence-corrected chi connectivity index (χ4v) is 4.58. The van der Waals surface area contributed by atoms with Gasteiger partial charge in [-0.3, -0.25) is 9.78 Å². The van der Waals surface area contributed by atoms with Crippen LogP contribution in [0.15, 0.2) is 36.7 Å². The Bertz CT molecular complexity index is 975. The monoisotopic (exact) mass is 381 g/mol. The molecule has 6 nitrogen and oxygen atoms in total. The number of pyridine rings is 2. The number of nitrogens with one attached hydrogen (secondary N) is 1. The second-order valence-corrected chi connectivity index (χ2v) is 8.58. The van der Waals surface area contributed by atoms with Crippen LogP contribution in [-0.2, 0) is 0 Å². The highest BCUT2D eigenvalue weighted by Gasteiger charge is 2.24. The number of nitrogens with two attached hydrogens (primary N) is 1. The Morgan fingerprint density at radius 1 is 1.33 bits per heavy atom. The van der Waals surface area contributed by atoms with Gasteiger partial charge in [0.2, 0.25) is 0 Å². The Morgan fingerprint density at radius 3 is 3.00 bits per heavy atom. The number of hydrogen-bond donors (Lipinski definition) is 2. The number of carbonyl (C=O) groups excluding carboxylic acids is 1. The van der Waals surface area contributed by atoms with E-state index >= 15 is 0 Å². The van der Waals surface area contributed by atoms with Crippen LogP contribution in [0.3, 0.4) is 0 Å². The molecule has 140 valence electrons. The van der Waals surface area contributed by atoms with E-state index in [1.807, 2.05) is 25.1 Å². The van der Waals surface area contributed by atoms with Gasteiger partial charge in [-0.1, -0.05) is 6.92 Å². The van der Waals surface area contributed by atoms with Crippen LogP contribution in [0, 0.1) is 12.8 Å². The average molecular weight is 382 g/mol. The fraction of sp³-hybridized carbons (Fsp3) is 0.350. The predicted molar refractivity (Wildman–Crippen MR) is 111 cm³/mol. The van der Waals surface area contributed by atoms with Crippen LogP contribution in [0.5, 0.6) is 0 Å². The van der Waals surface area contributed by atoms with E-state index in [0.717, 1.165) is 35.4 Å². The normalized spacial score (nSPS) is 20.0. The standard InChI is InChI=1S/C20H23N5OS/c1-12-7-14(21)11-25(10-12)18-5-6-22-9-17(18)24-20(26)15-3-4-19-16(23-15)8-13(2)27-19/h3-6,8-9,12,14H,7,10-11,21H2,1-2H3,(H,24,26).